The van der Waals surface area contributed by atoms with Crippen LogP contribution in [0.5, 0.6) is 11.5 Å². The maximum absolute atomic E-state index is 13.0. The average Bonchev–Trinajstić information content (AvgIpc) is 4.00. The Labute approximate surface area is 260 Å². The molecule has 2 amide bonds. The molecule has 3 aromatic rings. The molecule has 2 aromatic carbocycles. The normalized spacial score (nSPS) is 17.7. The molecule has 6 rings (SSSR count). The predicted octanol–water partition coefficient (Wildman–Crippen LogP) is 5.39. The van der Waals surface area contributed by atoms with Gasteiger partial charge in [-0.3, -0.25) is 19.4 Å². The fourth-order valence-corrected chi connectivity index (χ4v) is 5.65. The Balaban J connectivity index is 0.00000188. The van der Waals surface area contributed by atoms with Gasteiger partial charge in [0.25, 0.3) is 0 Å². The van der Waals surface area contributed by atoms with Crippen LogP contribution in [0.1, 0.15) is 46.0 Å². The van der Waals surface area contributed by atoms with Crippen LogP contribution in [0.15, 0.2) is 73.1 Å². The Bertz CT molecular complexity index is 1410. The number of carbonyl (C=O) groups excluding carboxylic acids is 2. The lowest BCUT2D eigenvalue weighted by atomic mass is 10.2. The molecule has 10 heteroatoms. The Hall–Kier alpha value is -4.44. The van der Waals surface area contributed by atoms with Gasteiger partial charge in [0.2, 0.25) is 12.3 Å². The van der Waals surface area contributed by atoms with Crippen molar-refractivity contribution in [1.29, 1.82) is 0 Å². The zero-order valence-corrected chi connectivity index (χ0v) is 25.9. The van der Waals surface area contributed by atoms with Crippen molar-refractivity contribution in [3.8, 4) is 11.5 Å². The summed E-state index contributed by atoms with van der Waals surface area (Å²) in [4.78, 5) is 41.9. The van der Waals surface area contributed by atoms with Gasteiger partial charge in [-0.25, -0.2) is 9.97 Å². The van der Waals surface area contributed by atoms with Crippen LogP contribution in [0.3, 0.4) is 0 Å². The van der Waals surface area contributed by atoms with E-state index in [0.717, 1.165) is 24.4 Å². The Morgan fingerprint density at radius 3 is 2.25 bits per heavy atom. The molecule has 0 bridgehead atoms. The summed E-state index contributed by atoms with van der Waals surface area (Å²) >= 11 is 0. The first-order valence-electron chi connectivity index (χ1n) is 15.6. The summed E-state index contributed by atoms with van der Waals surface area (Å²) < 4.78 is 5.92. The molecule has 1 aliphatic heterocycles. The number of para-hydroxylation sites is 1. The number of carbonyl (C=O) groups is 2. The minimum atomic E-state index is -0.225. The van der Waals surface area contributed by atoms with Gasteiger partial charge in [-0.2, -0.15) is 0 Å². The highest BCUT2D eigenvalue weighted by atomic mass is 16.5. The molecule has 1 saturated heterocycles. The van der Waals surface area contributed by atoms with Crippen LogP contribution in [-0.2, 0) is 9.59 Å². The fraction of sp³-hybridized carbons (Fsp3) is 0.412. The van der Waals surface area contributed by atoms with Crippen LogP contribution in [-0.4, -0.2) is 76.9 Å². The van der Waals surface area contributed by atoms with Gasteiger partial charge in [0, 0.05) is 50.5 Å². The van der Waals surface area contributed by atoms with E-state index in [1.54, 1.807) is 15.9 Å². The summed E-state index contributed by atoms with van der Waals surface area (Å²) in [6.45, 7) is 5.82. The zero-order chi connectivity index (χ0) is 31.1. The van der Waals surface area contributed by atoms with Gasteiger partial charge in [-0.15, -0.1) is 0 Å². The van der Waals surface area contributed by atoms with E-state index in [2.05, 4.69) is 14.9 Å². The second kappa shape index (κ2) is 14.4. The van der Waals surface area contributed by atoms with Crippen LogP contribution >= 0.6 is 0 Å². The smallest absolute Gasteiger partial charge is 0.246 e. The fourth-order valence-electron chi connectivity index (χ4n) is 5.65. The molecule has 2 N–H and O–H groups in total. The summed E-state index contributed by atoms with van der Waals surface area (Å²) in [5.74, 6) is 2.09. The number of hydrogen-bond donors (Lipinski definition) is 1. The number of hydrogen-bond acceptors (Lipinski definition) is 8. The number of likely N-dealkylation sites (tertiary alicyclic amines) is 1. The Morgan fingerprint density at radius 1 is 0.955 bits per heavy atom. The van der Waals surface area contributed by atoms with Gasteiger partial charge in [0.1, 0.15) is 23.5 Å². The van der Waals surface area contributed by atoms with Gasteiger partial charge >= 0.3 is 0 Å². The third-order valence-corrected chi connectivity index (χ3v) is 8.20. The van der Waals surface area contributed by atoms with Crippen molar-refractivity contribution in [1.82, 2.24) is 19.8 Å². The molecule has 2 saturated carbocycles. The number of rotatable bonds is 12. The molecule has 1 aromatic heterocycles. The van der Waals surface area contributed by atoms with Gasteiger partial charge in [0.15, 0.2) is 11.6 Å². The summed E-state index contributed by atoms with van der Waals surface area (Å²) in [5, 5.41) is 0. The maximum Gasteiger partial charge on any atom is 0.246 e. The van der Waals surface area contributed by atoms with E-state index in [4.69, 9.17) is 10.5 Å². The lowest BCUT2D eigenvalue weighted by Gasteiger charge is -2.29. The number of nitrogens with zero attached hydrogens (tertiary/aromatic N) is 6. The largest absolute Gasteiger partial charge is 0.457 e. The molecule has 1 atom stereocenters. The summed E-state index contributed by atoms with van der Waals surface area (Å²) in [6.07, 6.45) is 11.6. The third kappa shape index (κ3) is 7.37. The molecule has 2 heterocycles. The first-order valence-corrected chi connectivity index (χ1v) is 15.6. The molecular formula is C34H43N7O3. The van der Waals surface area contributed by atoms with Crippen molar-refractivity contribution < 1.29 is 14.3 Å². The van der Waals surface area contributed by atoms with Gasteiger partial charge in [0.05, 0.1) is 6.04 Å². The second-order valence-electron chi connectivity index (χ2n) is 11.2. The monoisotopic (exact) mass is 597 g/mol. The first kappa shape index (κ1) is 31.0. The van der Waals surface area contributed by atoms with E-state index in [0.29, 0.717) is 48.8 Å². The zero-order valence-electron chi connectivity index (χ0n) is 25.9. The van der Waals surface area contributed by atoms with E-state index in [9.17, 15) is 9.59 Å². The number of anilines is 4. The number of ether oxygens (including phenoxy) is 1. The number of nitrogen functional groups attached to an aromatic ring is 1. The van der Waals surface area contributed by atoms with E-state index >= 15 is 0 Å². The summed E-state index contributed by atoms with van der Waals surface area (Å²) in [5.41, 5.74) is 7.69. The summed E-state index contributed by atoms with van der Waals surface area (Å²) in [6, 6.07) is 18.3. The van der Waals surface area contributed by atoms with Crippen molar-refractivity contribution in [3.63, 3.8) is 0 Å². The van der Waals surface area contributed by atoms with Crippen molar-refractivity contribution in [2.24, 2.45) is 0 Å². The van der Waals surface area contributed by atoms with E-state index in [1.165, 1.54) is 32.0 Å². The van der Waals surface area contributed by atoms with Crippen molar-refractivity contribution in [2.45, 2.75) is 64.1 Å². The minimum Gasteiger partial charge on any atom is -0.457 e. The SMILES string of the molecule is CC.CN(c1ccc(Oc2ccccc2)cc1)c1c(N)ncnc1N(C=O)C1CCN(C(=O)/C=C/CN(C2CC2)C2CC2)C1. The Morgan fingerprint density at radius 2 is 1.61 bits per heavy atom. The van der Waals surface area contributed by atoms with Crippen molar-refractivity contribution in [2.75, 3.05) is 42.2 Å². The van der Waals surface area contributed by atoms with Crippen LogP contribution < -0.4 is 20.3 Å². The standard InChI is InChI=1S/C32H37N7O3.C2H6/c1-36(23-13-15-28(16-14-23)42-27-6-3-2-4-7-27)30-31(33)34-21-35-32(30)39(22-40)26-17-19-37(20-26)29(41)8-5-18-38(24-9-10-24)25-11-12-25;1-2/h2-8,13-16,21-22,24-26H,9-12,17-20H2,1H3,(H2,33,34,35);1-2H3/b8-5+;. The minimum absolute atomic E-state index is 0.0211. The van der Waals surface area contributed by atoms with Crippen molar-refractivity contribution >= 4 is 35.3 Å². The highest BCUT2D eigenvalue weighted by molar-refractivity contribution is 5.90. The molecular weight excluding hydrogens is 554 g/mol. The molecule has 3 fully saturated rings. The topological polar surface area (TPSA) is 108 Å². The van der Waals surface area contributed by atoms with E-state index in [-0.39, 0.29) is 17.8 Å². The number of aromatic nitrogens is 2. The first-order chi connectivity index (χ1) is 21.5. The lowest BCUT2D eigenvalue weighted by molar-refractivity contribution is -0.125. The van der Waals surface area contributed by atoms with Crippen LogP contribution in [0.25, 0.3) is 0 Å². The number of nitrogens with two attached hydrogens (primary N) is 1. The molecule has 0 spiro atoms. The molecule has 44 heavy (non-hydrogen) atoms. The predicted molar refractivity (Wildman–Crippen MR) is 174 cm³/mol. The van der Waals surface area contributed by atoms with Crippen LogP contribution in [0, 0.1) is 0 Å². The average molecular weight is 598 g/mol. The maximum atomic E-state index is 13.0. The quantitative estimate of drug-likeness (QED) is 0.219. The molecule has 1 unspecified atom stereocenters. The Kier molecular flexibility index (Phi) is 10.1. The number of amides is 2. The highest BCUT2D eigenvalue weighted by Crippen LogP contribution is 2.38. The van der Waals surface area contributed by atoms with Crippen LogP contribution in [0.2, 0.25) is 0 Å². The van der Waals surface area contributed by atoms with E-state index < -0.39 is 0 Å². The molecule has 10 nitrogen and oxygen atoms in total. The number of benzene rings is 2. The summed E-state index contributed by atoms with van der Waals surface area (Å²) in [7, 11) is 1.86. The van der Waals surface area contributed by atoms with Crippen molar-refractivity contribution in [3.05, 3.63) is 73.1 Å². The molecule has 2 aliphatic carbocycles. The highest BCUT2D eigenvalue weighted by Gasteiger charge is 2.38. The third-order valence-electron chi connectivity index (χ3n) is 8.20. The molecule has 0 radical (unpaired) electrons. The van der Waals surface area contributed by atoms with E-state index in [1.807, 2.05) is 86.5 Å². The van der Waals surface area contributed by atoms with Gasteiger partial charge in [-0.1, -0.05) is 38.1 Å². The van der Waals surface area contributed by atoms with Gasteiger partial charge in [-0.05, 0) is 68.5 Å². The molecule has 3 aliphatic rings. The molecule has 232 valence electrons. The lowest BCUT2D eigenvalue weighted by Crippen LogP contribution is -2.39. The van der Waals surface area contributed by atoms with Crippen LogP contribution in [0.4, 0.5) is 23.0 Å². The van der Waals surface area contributed by atoms with Gasteiger partial charge < -0.3 is 20.3 Å². The second-order valence-corrected chi connectivity index (χ2v) is 11.2.